The highest BCUT2D eigenvalue weighted by Crippen LogP contribution is 2.37. The SMILES string of the molecule is CC(N)c1noc(-c2ccc(Br)c(C(F)(F)F)c2)n1. The summed E-state index contributed by atoms with van der Waals surface area (Å²) in [5, 5.41) is 3.60. The lowest BCUT2D eigenvalue weighted by Gasteiger charge is -2.09. The lowest BCUT2D eigenvalue weighted by atomic mass is 10.1. The summed E-state index contributed by atoms with van der Waals surface area (Å²) in [5.41, 5.74) is 4.95. The van der Waals surface area contributed by atoms with Crippen LogP contribution in [-0.4, -0.2) is 10.1 Å². The van der Waals surface area contributed by atoms with Crippen LogP contribution in [0.15, 0.2) is 27.2 Å². The number of nitrogens with zero attached hydrogens (tertiary/aromatic N) is 2. The van der Waals surface area contributed by atoms with Crippen LogP contribution in [0.1, 0.15) is 24.4 Å². The Bertz CT molecular complexity index is 595. The largest absolute Gasteiger partial charge is 0.417 e. The predicted octanol–water partition coefficient (Wildman–Crippen LogP) is 3.54. The van der Waals surface area contributed by atoms with E-state index in [1.165, 1.54) is 12.1 Å². The summed E-state index contributed by atoms with van der Waals surface area (Å²) < 4.78 is 43.1. The second kappa shape index (κ2) is 4.93. The van der Waals surface area contributed by atoms with Gasteiger partial charge in [0.05, 0.1) is 11.6 Å². The molecule has 0 fully saturated rings. The number of aromatic nitrogens is 2. The first-order valence-electron chi connectivity index (χ1n) is 5.25. The molecule has 0 aliphatic rings. The second-order valence-electron chi connectivity index (χ2n) is 3.94. The van der Waals surface area contributed by atoms with E-state index in [0.29, 0.717) is 0 Å². The van der Waals surface area contributed by atoms with E-state index < -0.39 is 17.8 Å². The highest BCUT2D eigenvalue weighted by Gasteiger charge is 2.33. The Hall–Kier alpha value is -1.41. The molecule has 0 saturated carbocycles. The Morgan fingerprint density at radius 3 is 2.58 bits per heavy atom. The molecule has 0 aliphatic heterocycles. The lowest BCUT2D eigenvalue weighted by Crippen LogP contribution is -2.07. The highest BCUT2D eigenvalue weighted by molar-refractivity contribution is 9.10. The highest BCUT2D eigenvalue weighted by atomic mass is 79.9. The number of rotatable bonds is 2. The molecule has 0 radical (unpaired) electrons. The number of nitrogens with two attached hydrogens (primary N) is 1. The minimum atomic E-state index is -4.46. The fourth-order valence-electron chi connectivity index (χ4n) is 1.41. The van der Waals surface area contributed by atoms with Crippen molar-refractivity contribution < 1.29 is 17.7 Å². The van der Waals surface area contributed by atoms with Crippen LogP contribution in [0, 0.1) is 0 Å². The topological polar surface area (TPSA) is 64.9 Å². The Labute approximate surface area is 114 Å². The summed E-state index contributed by atoms with van der Waals surface area (Å²) in [4.78, 5) is 3.95. The maximum atomic E-state index is 12.8. The average molecular weight is 336 g/mol. The summed E-state index contributed by atoms with van der Waals surface area (Å²) in [6.07, 6.45) is -4.46. The third-order valence-corrected chi connectivity index (χ3v) is 3.06. The second-order valence-corrected chi connectivity index (χ2v) is 4.79. The molecular weight excluding hydrogens is 327 g/mol. The van der Waals surface area contributed by atoms with Crippen LogP contribution in [0.5, 0.6) is 0 Å². The Balaban J connectivity index is 2.45. The van der Waals surface area contributed by atoms with Gasteiger partial charge in [-0.05, 0) is 25.1 Å². The minimum absolute atomic E-state index is 0.00491. The quantitative estimate of drug-likeness (QED) is 0.911. The van der Waals surface area contributed by atoms with E-state index in [4.69, 9.17) is 10.3 Å². The normalized spacial score (nSPS) is 13.6. The molecular formula is C11H9BrF3N3O. The average Bonchev–Trinajstić information content (AvgIpc) is 2.77. The molecule has 8 heteroatoms. The van der Waals surface area contributed by atoms with Crippen molar-refractivity contribution in [2.45, 2.75) is 19.1 Å². The van der Waals surface area contributed by atoms with E-state index in [1.54, 1.807) is 6.92 Å². The molecule has 0 aliphatic carbocycles. The molecule has 0 amide bonds. The van der Waals surface area contributed by atoms with Gasteiger partial charge < -0.3 is 10.3 Å². The van der Waals surface area contributed by atoms with Crippen LogP contribution in [0.2, 0.25) is 0 Å². The molecule has 19 heavy (non-hydrogen) atoms. The zero-order chi connectivity index (χ0) is 14.2. The maximum absolute atomic E-state index is 12.8. The number of alkyl halides is 3. The van der Waals surface area contributed by atoms with Gasteiger partial charge in [0.25, 0.3) is 5.89 Å². The van der Waals surface area contributed by atoms with Gasteiger partial charge in [-0.15, -0.1) is 0 Å². The first-order valence-corrected chi connectivity index (χ1v) is 6.04. The molecule has 102 valence electrons. The van der Waals surface area contributed by atoms with Crippen molar-refractivity contribution in [2.75, 3.05) is 0 Å². The summed E-state index contributed by atoms with van der Waals surface area (Å²) in [7, 11) is 0. The van der Waals surface area contributed by atoms with Crippen molar-refractivity contribution in [2.24, 2.45) is 5.73 Å². The smallest absolute Gasteiger partial charge is 0.334 e. The van der Waals surface area contributed by atoms with Crippen molar-refractivity contribution in [3.8, 4) is 11.5 Å². The van der Waals surface area contributed by atoms with Crippen LogP contribution in [0.3, 0.4) is 0 Å². The standard InChI is InChI=1S/C11H9BrF3N3O/c1-5(16)9-17-10(19-18-9)6-2-3-8(12)7(4-6)11(13,14)15/h2-5H,16H2,1H3. The van der Waals surface area contributed by atoms with Gasteiger partial charge in [-0.25, -0.2) is 0 Å². The zero-order valence-corrected chi connectivity index (χ0v) is 11.3. The van der Waals surface area contributed by atoms with Crippen molar-refractivity contribution in [3.05, 3.63) is 34.1 Å². The van der Waals surface area contributed by atoms with E-state index in [9.17, 15) is 13.2 Å². The van der Waals surface area contributed by atoms with Gasteiger partial charge in [0.15, 0.2) is 5.82 Å². The van der Waals surface area contributed by atoms with Gasteiger partial charge in [0.1, 0.15) is 0 Å². The minimum Gasteiger partial charge on any atom is -0.334 e. The van der Waals surface area contributed by atoms with Crippen molar-refractivity contribution in [3.63, 3.8) is 0 Å². The molecule has 1 unspecified atom stereocenters. The Kier molecular flexibility index (Phi) is 3.64. The van der Waals surface area contributed by atoms with Crippen molar-refractivity contribution >= 4 is 15.9 Å². The first kappa shape index (κ1) is 14.0. The number of hydrogen-bond donors (Lipinski definition) is 1. The molecule has 1 atom stereocenters. The maximum Gasteiger partial charge on any atom is 0.417 e. The molecule has 1 aromatic carbocycles. The Morgan fingerprint density at radius 2 is 2.05 bits per heavy atom. The van der Waals surface area contributed by atoms with Crippen LogP contribution >= 0.6 is 15.9 Å². The fourth-order valence-corrected chi connectivity index (χ4v) is 1.88. The number of hydrogen-bond acceptors (Lipinski definition) is 4. The predicted molar refractivity (Wildman–Crippen MR) is 65.0 cm³/mol. The summed E-state index contributed by atoms with van der Waals surface area (Å²) in [6.45, 7) is 1.65. The van der Waals surface area contributed by atoms with Gasteiger partial charge in [-0.2, -0.15) is 18.2 Å². The zero-order valence-electron chi connectivity index (χ0n) is 9.70. The van der Waals surface area contributed by atoms with Gasteiger partial charge in [0, 0.05) is 10.0 Å². The molecule has 0 spiro atoms. The molecule has 0 saturated heterocycles. The molecule has 2 rings (SSSR count). The van der Waals surface area contributed by atoms with E-state index in [0.717, 1.165) is 6.07 Å². The molecule has 1 aromatic heterocycles. The van der Waals surface area contributed by atoms with Gasteiger partial charge >= 0.3 is 6.18 Å². The summed E-state index contributed by atoms with van der Waals surface area (Å²) in [5.74, 6) is 0.247. The van der Waals surface area contributed by atoms with E-state index in [-0.39, 0.29) is 21.8 Å². The number of benzene rings is 1. The van der Waals surface area contributed by atoms with Gasteiger partial charge in [0.2, 0.25) is 0 Å². The summed E-state index contributed by atoms with van der Waals surface area (Å²) >= 11 is 2.86. The van der Waals surface area contributed by atoms with E-state index in [2.05, 4.69) is 26.1 Å². The monoisotopic (exact) mass is 335 g/mol. The molecule has 1 heterocycles. The molecule has 4 nitrogen and oxygen atoms in total. The Morgan fingerprint density at radius 1 is 1.37 bits per heavy atom. The first-order chi connectivity index (χ1) is 8.79. The summed E-state index contributed by atoms with van der Waals surface area (Å²) in [6, 6.07) is 3.24. The van der Waals surface area contributed by atoms with Crippen LogP contribution < -0.4 is 5.73 Å². The third kappa shape index (κ3) is 2.95. The van der Waals surface area contributed by atoms with Crippen molar-refractivity contribution in [1.29, 1.82) is 0 Å². The number of halogens is 4. The van der Waals surface area contributed by atoms with Crippen LogP contribution in [0.4, 0.5) is 13.2 Å². The molecule has 0 bridgehead atoms. The third-order valence-electron chi connectivity index (χ3n) is 2.37. The van der Waals surface area contributed by atoms with Gasteiger partial charge in [-0.3, -0.25) is 0 Å². The molecule has 2 N–H and O–H groups in total. The van der Waals surface area contributed by atoms with Crippen LogP contribution in [-0.2, 0) is 6.18 Å². The lowest BCUT2D eigenvalue weighted by molar-refractivity contribution is -0.138. The van der Waals surface area contributed by atoms with E-state index >= 15 is 0 Å². The molecule has 2 aromatic rings. The van der Waals surface area contributed by atoms with Gasteiger partial charge in [-0.1, -0.05) is 21.1 Å². The van der Waals surface area contributed by atoms with Crippen LogP contribution in [0.25, 0.3) is 11.5 Å². The van der Waals surface area contributed by atoms with Crippen molar-refractivity contribution in [1.82, 2.24) is 10.1 Å². The van der Waals surface area contributed by atoms with E-state index in [1.807, 2.05) is 0 Å². The fraction of sp³-hybridized carbons (Fsp3) is 0.273.